The van der Waals surface area contributed by atoms with Crippen LogP contribution in [-0.2, 0) is 16.1 Å². The smallest absolute Gasteiger partial charge is 0.255 e. The number of imide groups is 1. The van der Waals surface area contributed by atoms with Crippen molar-refractivity contribution < 1.29 is 19.0 Å². The van der Waals surface area contributed by atoms with Gasteiger partial charge in [0.2, 0.25) is 11.8 Å². The number of nitrogens with zero attached hydrogens (tertiary/aromatic N) is 2. The highest BCUT2D eigenvalue weighted by Gasteiger charge is 2.39. The monoisotopic (exact) mass is 340 g/mol. The molecule has 0 spiro atoms. The van der Waals surface area contributed by atoms with Crippen LogP contribution in [-0.4, -0.2) is 53.0 Å². The van der Waals surface area contributed by atoms with E-state index in [0.717, 1.165) is 31.5 Å². The fraction of sp³-hybridized carbons (Fsp3) is 0.474. The summed E-state index contributed by atoms with van der Waals surface area (Å²) in [6.45, 7) is 6.41. The summed E-state index contributed by atoms with van der Waals surface area (Å²) in [5, 5.41) is 2.34. The first-order valence-electron chi connectivity index (χ1n) is 8.86. The van der Waals surface area contributed by atoms with Crippen molar-refractivity contribution in [3.05, 3.63) is 34.9 Å². The molecule has 1 aromatic carbocycles. The third-order valence-corrected chi connectivity index (χ3v) is 5.61. The fourth-order valence-corrected chi connectivity index (χ4v) is 4.11. The summed E-state index contributed by atoms with van der Waals surface area (Å²) in [7, 11) is 0. The molecule has 1 atom stereocenters. The Kier molecular flexibility index (Phi) is 3.90. The van der Waals surface area contributed by atoms with Crippen LogP contribution in [0.3, 0.4) is 0 Å². The van der Waals surface area contributed by atoms with Crippen LogP contribution in [0.2, 0.25) is 0 Å². The second-order valence-corrected chi connectivity index (χ2v) is 7.21. The van der Waals surface area contributed by atoms with Crippen molar-refractivity contribution in [1.82, 2.24) is 10.2 Å². The minimum Gasteiger partial charge on any atom is -0.322 e. The van der Waals surface area contributed by atoms with Crippen LogP contribution in [0.15, 0.2) is 18.2 Å². The second kappa shape index (κ2) is 6.10. The van der Waals surface area contributed by atoms with Crippen molar-refractivity contribution >= 4 is 24.4 Å². The predicted molar refractivity (Wildman–Crippen MR) is 91.6 cm³/mol. The van der Waals surface area contributed by atoms with Crippen LogP contribution < -0.4 is 5.32 Å². The van der Waals surface area contributed by atoms with Crippen LogP contribution in [0.25, 0.3) is 0 Å². The molecule has 6 heteroatoms. The van der Waals surface area contributed by atoms with Crippen LogP contribution in [0.1, 0.15) is 53.1 Å². The molecule has 3 amide bonds. The van der Waals surface area contributed by atoms with E-state index in [4.69, 9.17) is 0 Å². The van der Waals surface area contributed by atoms with Gasteiger partial charge in [-0.05, 0) is 29.5 Å². The predicted octanol–water partition coefficient (Wildman–Crippen LogP) is 1.04. The van der Waals surface area contributed by atoms with Crippen LogP contribution in [0, 0.1) is 0 Å². The van der Waals surface area contributed by atoms with Gasteiger partial charge < -0.3 is 4.90 Å². The first kappa shape index (κ1) is 16.0. The Bertz CT molecular complexity index is 776. The molecule has 3 heterocycles. The molecule has 2 saturated heterocycles. The lowest BCUT2D eigenvalue weighted by Crippen LogP contribution is -2.52. The van der Waals surface area contributed by atoms with Gasteiger partial charge in [0.05, 0.1) is 0 Å². The van der Waals surface area contributed by atoms with E-state index in [1.54, 1.807) is 4.90 Å². The van der Waals surface area contributed by atoms with Crippen molar-refractivity contribution in [2.24, 2.45) is 0 Å². The first-order chi connectivity index (χ1) is 12.0. The molecule has 0 bridgehead atoms. The molecule has 0 aliphatic carbocycles. The van der Waals surface area contributed by atoms with Gasteiger partial charge in [0.15, 0.2) is 0 Å². The Morgan fingerprint density at radius 1 is 1.12 bits per heavy atom. The number of carbonyl (C=O) groups is 3. The van der Waals surface area contributed by atoms with Crippen LogP contribution in [0.5, 0.6) is 0 Å². The minimum absolute atomic E-state index is 0.108. The summed E-state index contributed by atoms with van der Waals surface area (Å²) in [5.74, 6) is -0.225. The summed E-state index contributed by atoms with van der Waals surface area (Å²) < 4.78 is 2.10. The largest absolute Gasteiger partial charge is 0.322 e. The van der Waals surface area contributed by atoms with E-state index in [1.165, 1.54) is 5.56 Å². The highest BCUT2D eigenvalue weighted by molar-refractivity contribution is 6.05. The zero-order valence-electron chi connectivity index (χ0n) is 14.2. The number of hydrogen-bond donors (Lipinski definition) is 1. The lowest BCUT2D eigenvalue weighted by atomic mass is 9.88. The number of rotatable bonds is 2. The van der Waals surface area contributed by atoms with Crippen molar-refractivity contribution in [3.63, 3.8) is 0 Å². The van der Waals surface area contributed by atoms with Gasteiger partial charge in [0.25, 0.3) is 5.91 Å². The topological polar surface area (TPSA) is 69.5 Å². The quantitative estimate of drug-likeness (QED) is 0.646. The number of carbonyl (C=O) groups excluding carboxylic acids is 3. The van der Waals surface area contributed by atoms with E-state index in [-0.39, 0.29) is 24.1 Å². The lowest BCUT2D eigenvalue weighted by Gasteiger charge is -2.29. The maximum absolute atomic E-state index is 12.7. The number of nitrogens with one attached hydrogen (secondary N) is 1. The molecule has 1 aromatic rings. The zero-order valence-corrected chi connectivity index (χ0v) is 14.2. The standard InChI is InChI=1S/C19H21N3O3/c1-21-8-6-12(7-9-21)13-2-3-15-14(10-13)11-22(19(15)25)16-4-5-17(23)20-18(16)24/h2-3,10,12,16H,1,4-9,11H2/p+1. The van der Waals surface area contributed by atoms with Gasteiger partial charge in [-0.3, -0.25) is 19.7 Å². The summed E-state index contributed by atoms with van der Waals surface area (Å²) in [6.07, 6.45) is 2.84. The van der Waals surface area contributed by atoms with E-state index in [0.29, 0.717) is 24.4 Å². The third-order valence-electron chi connectivity index (χ3n) is 5.61. The van der Waals surface area contributed by atoms with E-state index in [9.17, 15) is 14.4 Å². The van der Waals surface area contributed by atoms with Crippen LogP contribution >= 0.6 is 0 Å². The molecule has 0 radical (unpaired) electrons. The first-order valence-corrected chi connectivity index (χ1v) is 8.86. The highest BCUT2D eigenvalue weighted by Crippen LogP contribution is 2.32. The molecule has 0 aromatic heterocycles. The molecule has 1 unspecified atom stereocenters. The molecule has 6 nitrogen and oxygen atoms in total. The SMILES string of the molecule is C=[N+]1CCC(c2ccc3c(c2)CN(C2CCC(=O)NC2=O)C3=O)CC1. The molecule has 4 rings (SSSR count). The van der Waals surface area contributed by atoms with Crippen molar-refractivity contribution in [2.45, 2.75) is 44.2 Å². The number of amides is 3. The number of hydrogen-bond acceptors (Lipinski definition) is 3. The molecule has 2 fully saturated rings. The average molecular weight is 340 g/mol. The van der Waals surface area contributed by atoms with Gasteiger partial charge in [-0.25, -0.2) is 4.58 Å². The Hall–Kier alpha value is -2.50. The molecule has 1 N–H and O–H groups in total. The lowest BCUT2D eigenvalue weighted by molar-refractivity contribution is -0.530. The highest BCUT2D eigenvalue weighted by atomic mass is 16.2. The molecule has 130 valence electrons. The second-order valence-electron chi connectivity index (χ2n) is 7.21. The minimum atomic E-state index is -0.546. The van der Waals surface area contributed by atoms with Gasteiger partial charge >= 0.3 is 0 Å². The van der Waals surface area contributed by atoms with Gasteiger partial charge in [-0.15, -0.1) is 0 Å². The summed E-state index contributed by atoms with van der Waals surface area (Å²) >= 11 is 0. The number of fused-ring (bicyclic) bond motifs is 1. The number of piperidine rings is 2. The van der Waals surface area contributed by atoms with Crippen molar-refractivity contribution in [1.29, 1.82) is 0 Å². The van der Waals surface area contributed by atoms with Crippen LogP contribution in [0.4, 0.5) is 0 Å². The summed E-state index contributed by atoms with van der Waals surface area (Å²) in [5.41, 5.74) is 2.94. The number of benzene rings is 1. The maximum atomic E-state index is 12.7. The zero-order chi connectivity index (χ0) is 17.6. The van der Waals surface area contributed by atoms with Gasteiger partial charge in [-0.1, -0.05) is 12.1 Å². The van der Waals surface area contributed by atoms with E-state index >= 15 is 0 Å². The van der Waals surface area contributed by atoms with E-state index in [1.807, 2.05) is 12.1 Å². The van der Waals surface area contributed by atoms with Gasteiger partial charge in [-0.2, -0.15) is 0 Å². The fourth-order valence-electron chi connectivity index (χ4n) is 4.11. The Morgan fingerprint density at radius 2 is 1.88 bits per heavy atom. The molecule has 3 aliphatic heterocycles. The Morgan fingerprint density at radius 3 is 2.60 bits per heavy atom. The normalized spacial score (nSPS) is 24.5. The van der Waals surface area contributed by atoms with Gasteiger partial charge in [0.1, 0.15) is 25.8 Å². The average Bonchev–Trinajstić information content (AvgIpc) is 2.92. The van der Waals surface area contributed by atoms with Crippen molar-refractivity contribution in [2.75, 3.05) is 13.1 Å². The van der Waals surface area contributed by atoms with Crippen molar-refractivity contribution in [3.8, 4) is 0 Å². The molecular weight excluding hydrogens is 318 g/mol. The third kappa shape index (κ3) is 2.86. The summed E-state index contributed by atoms with van der Waals surface area (Å²) in [4.78, 5) is 37.7. The van der Waals surface area contributed by atoms with Gasteiger partial charge in [0, 0.05) is 31.4 Å². The summed E-state index contributed by atoms with van der Waals surface area (Å²) in [6, 6.07) is 5.53. The molecule has 25 heavy (non-hydrogen) atoms. The Balaban J connectivity index is 1.54. The maximum Gasteiger partial charge on any atom is 0.255 e. The Labute approximate surface area is 146 Å². The molecule has 3 aliphatic rings. The van der Waals surface area contributed by atoms with E-state index in [2.05, 4.69) is 22.7 Å². The molecular formula is C19H22N3O3+. The van der Waals surface area contributed by atoms with E-state index < -0.39 is 6.04 Å². The molecule has 0 saturated carbocycles.